The van der Waals surface area contributed by atoms with Gasteiger partial charge in [-0.25, -0.2) is 4.98 Å². The molecule has 0 amide bonds. The summed E-state index contributed by atoms with van der Waals surface area (Å²) >= 11 is 0. The van der Waals surface area contributed by atoms with Gasteiger partial charge in [-0.15, -0.1) is 0 Å². The number of aromatic nitrogens is 2. The molecule has 0 atom stereocenters. The molecule has 3 nitrogen and oxygen atoms in total. The van der Waals surface area contributed by atoms with Crippen LogP contribution >= 0.6 is 0 Å². The molecule has 0 saturated carbocycles. The Morgan fingerprint density at radius 3 is 2.67 bits per heavy atom. The van der Waals surface area contributed by atoms with Gasteiger partial charge in [0.15, 0.2) is 0 Å². The molecule has 0 fully saturated rings. The van der Waals surface area contributed by atoms with Gasteiger partial charge >= 0.3 is 0 Å². The molecule has 1 aliphatic heterocycles. The largest absolute Gasteiger partial charge is 0.331 e. The number of nitrogens with two attached hydrogens (primary N) is 1. The molecule has 0 bridgehead atoms. The lowest BCUT2D eigenvalue weighted by Crippen LogP contribution is -2.18. The van der Waals surface area contributed by atoms with Crippen molar-refractivity contribution in [2.75, 3.05) is 0 Å². The minimum atomic E-state index is 0.141. The van der Waals surface area contributed by atoms with Crippen molar-refractivity contribution in [1.82, 2.24) is 9.55 Å². The van der Waals surface area contributed by atoms with Gasteiger partial charge in [-0.1, -0.05) is 20.8 Å². The highest BCUT2D eigenvalue weighted by molar-refractivity contribution is 5.25. The van der Waals surface area contributed by atoms with Crippen LogP contribution in [-0.2, 0) is 24.9 Å². The Hall–Kier alpha value is -0.830. The average Bonchev–Trinajstić information content (AvgIpc) is 2.55. The van der Waals surface area contributed by atoms with Crippen molar-refractivity contribution in [3.63, 3.8) is 0 Å². The Morgan fingerprint density at radius 1 is 1.33 bits per heavy atom. The van der Waals surface area contributed by atoms with E-state index < -0.39 is 0 Å². The normalized spacial score (nSPS) is 16.5. The van der Waals surface area contributed by atoms with Gasteiger partial charge in [0.05, 0.1) is 12.2 Å². The molecule has 84 valence electrons. The fourth-order valence-electron chi connectivity index (χ4n) is 2.37. The summed E-state index contributed by atoms with van der Waals surface area (Å²) in [5.74, 6) is 1.06. The lowest BCUT2D eigenvalue weighted by molar-refractivity contribution is 0.499. The molecular weight excluding hydrogens is 186 g/mol. The first-order chi connectivity index (χ1) is 7.04. The number of fused-ring (bicyclic) bond motifs is 1. The molecule has 2 N–H and O–H groups in total. The van der Waals surface area contributed by atoms with Crippen molar-refractivity contribution in [3.05, 3.63) is 17.2 Å². The Kier molecular flexibility index (Phi) is 2.59. The first-order valence-corrected chi connectivity index (χ1v) is 5.83. The third kappa shape index (κ3) is 1.81. The van der Waals surface area contributed by atoms with Gasteiger partial charge in [0.25, 0.3) is 0 Å². The summed E-state index contributed by atoms with van der Waals surface area (Å²) in [5, 5.41) is 0. The number of imidazole rings is 1. The first kappa shape index (κ1) is 10.7. The SMILES string of the molecule is CC(C)(C)c1nc(CN)n2c1CCCC2. The van der Waals surface area contributed by atoms with E-state index in [2.05, 4.69) is 25.3 Å². The molecule has 1 aromatic rings. The summed E-state index contributed by atoms with van der Waals surface area (Å²) in [6.45, 7) is 8.34. The van der Waals surface area contributed by atoms with Crippen molar-refractivity contribution in [2.45, 2.75) is 58.5 Å². The van der Waals surface area contributed by atoms with E-state index in [4.69, 9.17) is 10.7 Å². The number of hydrogen-bond donors (Lipinski definition) is 1. The summed E-state index contributed by atoms with van der Waals surface area (Å²) in [6, 6.07) is 0. The predicted octanol–water partition coefficient (Wildman–Crippen LogP) is 1.98. The van der Waals surface area contributed by atoms with E-state index in [1.807, 2.05) is 0 Å². The Labute approximate surface area is 91.7 Å². The second kappa shape index (κ2) is 3.63. The maximum absolute atomic E-state index is 5.75. The van der Waals surface area contributed by atoms with E-state index in [0.717, 1.165) is 12.4 Å². The fourth-order valence-corrected chi connectivity index (χ4v) is 2.37. The highest BCUT2D eigenvalue weighted by Crippen LogP contribution is 2.29. The summed E-state index contributed by atoms with van der Waals surface area (Å²) in [5.41, 5.74) is 8.57. The molecule has 0 spiro atoms. The molecule has 0 saturated heterocycles. The van der Waals surface area contributed by atoms with E-state index in [-0.39, 0.29) is 5.41 Å². The number of hydrogen-bond acceptors (Lipinski definition) is 2. The molecule has 0 radical (unpaired) electrons. The van der Waals surface area contributed by atoms with Gasteiger partial charge in [0.1, 0.15) is 5.82 Å². The Balaban J connectivity index is 2.52. The number of nitrogens with zero attached hydrogens (tertiary/aromatic N) is 2. The van der Waals surface area contributed by atoms with Crippen molar-refractivity contribution >= 4 is 0 Å². The van der Waals surface area contributed by atoms with E-state index in [1.54, 1.807) is 0 Å². The van der Waals surface area contributed by atoms with Crippen LogP contribution in [0.5, 0.6) is 0 Å². The number of rotatable bonds is 1. The summed E-state index contributed by atoms with van der Waals surface area (Å²) in [6.07, 6.45) is 3.72. The molecule has 1 aromatic heterocycles. The van der Waals surface area contributed by atoms with Crippen LogP contribution in [0.2, 0.25) is 0 Å². The van der Waals surface area contributed by atoms with E-state index >= 15 is 0 Å². The van der Waals surface area contributed by atoms with Crippen molar-refractivity contribution in [2.24, 2.45) is 5.73 Å². The van der Waals surface area contributed by atoms with Crippen LogP contribution in [0.4, 0.5) is 0 Å². The van der Waals surface area contributed by atoms with Crippen molar-refractivity contribution in [3.8, 4) is 0 Å². The van der Waals surface area contributed by atoms with Gasteiger partial charge < -0.3 is 10.3 Å². The highest BCUT2D eigenvalue weighted by Gasteiger charge is 2.26. The lowest BCUT2D eigenvalue weighted by atomic mass is 9.89. The van der Waals surface area contributed by atoms with Gasteiger partial charge in [-0.05, 0) is 19.3 Å². The lowest BCUT2D eigenvalue weighted by Gasteiger charge is -2.21. The molecule has 0 aromatic carbocycles. The van der Waals surface area contributed by atoms with Crippen LogP contribution in [0.3, 0.4) is 0 Å². The first-order valence-electron chi connectivity index (χ1n) is 5.83. The van der Waals surface area contributed by atoms with Crippen molar-refractivity contribution < 1.29 is 0 Å². The summed E-state index contributed by atoms with van der Waals surface area (Å²) in [7, 11) is 0. The van der Waals surface area contributed by atoms with E-state index in [9.17, 15) is 0 Å². The molecule has 3 heteroatoms. The summed E-state index contributed by atoms with van der Waals surface area (Å²) < 4.78 is 2.34. The second-order valence-corrected chi connectivity index (χ2v) is 5.39. The smallest absolute Gasteiger partial charge is 0.123 e. The Morgan fingerprint density at radius 2 is 2.07 bits per heavy atom. The monoisotopic (exact) mass is 207 g/mol. The zero-order chi connectivity index (χ0) is 11.1. The van der Waals surface area contributed by atoms with Crippen LogP contribution in [0.1, 0.15) is 50.8 Å². The molecule has 2 rings (SSSR count). The van der Waals surface area contributed by atoms with Gasteiger partial charge in [0.2, 0.25) is 0 Å². The van der Waals surface area contributed by atoms with Crippen LogP contribution < -0.4 is 5.73 Å². The van der Waals surface area contributed by atoms with Crippen LogP contribution in [-0.4, -0.2) is 9.55 Å². The summed E-state index contributed by atoms with van der Waals surface area (Å²) in [4.78, 5) is 4.72. The van der Waals surface area contributed by atoms with Crippen LogP contribution in [0.15, 0.2) is 0 Å². The van der Waals surface area contributed by atoms with Crippen LogP contribution in [0, 0.1) is 0 Å². The van der Waals surface area contributed by atoms with E-state index in [1.165, 1.54) is 30.7 Å². The molecule has 1 aliphatic rings. The fraction of sp³-hybridized carbons (Fsp3) is 0.750. The van der Waals surface area contributed by atoms with E-state index in [0.29, 0.717) is 6.54 Å². The van der Waals surface area contributed by atoms with Crippen LogP contribution in [0.25, 0.3) is 0 Å². The highest BCUT2D eigenvalue weighted by atomic mass is 15.1. The zero-order valence-electron chi connectivity index (χ0n) is 10.0. The molecule has 0 unspecified atom stereocenters. The predicted molar refractivity (Wildman–Crippen MR) is 61.8 cm³/mol. The molecular formula is C12H21N3. The van der Waals surface area contributed by atoms with Gasteiger partial charge in [-0.3, -0.25) is 0 Å². The second-order valence-electron chi connectivity index (χ2n) is 5.39. The average molecular weight is 207 g/mol. The maximum atomic E-state index is 5.75. The van der Waals surface area contributed by atoms with Gasteiger partial charge in [0, 0.05) is 17.7 Å². The molecule has 0 aliphatic carbocycles. The Bertz CT molecular complexity index is 358. The third-order valence-corrected chi connectivity index (χ3v) is 3.09. The maximum Gasteiger partial charge on any atom is 0.123 e. The zero-order valence-corrected chi connectivity index (χ0v) is 10.0. The van der Waals surface area contributed by atoms with Gasteiger partial charge in [-0.2, -0.15) is 0 Å². The molecule has 15 heavy (non-hydrogen) atoms. The molecule has 2 heterocycles. The quantitative estimate of drug-likeness (QED) is 0.765. The topological polar surface area (TPSA) is 43.8 Å². The minimum Gasteiger partial charge on any atom is -0.331 e. The third-order valence-electron chi connectivity index (χ3n) is 3.09. The minimum absolute atomic E-state index is 0.141. The van der Waals surface area contributed by atoms with Crippen molar-refractivity contribution in [1.29, 1.82) is 0 Å². The standard InChI is InChI=1S/C12H21N3/c1-12(2,3)11-9-6-4-5-7-15(9)10(8-13)14-11/h4-8,13H2,1-3H3.